The molecule has 0 fully saturated rings. The van der Waals surface area contributed by atoms with E-state index in [1.165, 1.54) is 3.71 Å². The molecule has 1 heterocycles. The second-order valence-corrected chi connectivity index (χ2v) is 18.5. The Morgan fingerprint density at radius 2 is 2.00 bits per heavy atom. The van der Waals surface area contributed by atoms with Crippen LogP contribution in [-0.2, 0) is 0 Å². The summed E-state index contributed by atoms with van der Waals surface area (Å²) in [4.78, 5) is 14.7. The summed E-state index contributed by atoms with van der Waals surface area (Å²) < 4.78 is 1.25. The van der Waals surface area contributed by atoms with Crippen LogP contribution in [0.15, 0.2) is 12.3 Å². The Labute approximate surface area is 83.7 Å². The van der Waals surface area contributed by atoms with Crippen LogP contribution in [0.3, 0.4) is 0 Å². The fourth-order valence-corrected chi connectivity index (χ4v) is 4.22. The Morgan fingerprint density at radius 1 is 1.38 bits per heavy atom. The Bertz CT molecular complexity index is 358. The molecule has 0 N–H and O–H groups in total. The second-order valence-electron chi connectivity index (χ2n) is 4.22. The van der Waals surface area contributed by atoms with E-state index in [0.717, 1.165) is 5.56 Å². The van der Waals surface area contributed by atoms with E-state index >= 15 is 0 Å². The molecule has 0 spiro atoms. The molecule has 0 aliphatic heterocycles. The van der Waals surface area contributed by atoms with Crippen molar-refractivity contribution >= 4 is 27.8 Å². The molecule has 0 saturated heterocycles. The fraction of sp³-hybridized carbons (Fsp3) is 0.400. The summed E-state index contributed by atoms with van der Waals surface area (Å²) in [6, 6.07) is 2.09. The summed E-state index contributed by atoms with van der Waals surface area (Å²) in [5, 5.41) is 0. The van der Waals surface area contributed by atoms with Gasteiger partial charge >= 0.3 is 83.7 Å². The van der Waals surface area contributed by atoms with Crippen LogP contribution in [0.25, 0.3) is 4.85 Å². The third-order valence-electron chi connectivity index (χ3n) is 1.97. The quantitative estimate of drug-likeness (QED) is 0.571. The van der Waals surface area contributed by atoms with Crippen molar-refractivity contribution in [2.24, 2.45) is 0 Å². The van der Waals surface area contributed by atoms with E-state index in [9.17, 15) is 0 Å². The van der Waals surface area contributed by atoms with Crippen molar-refractivity contribution in [3.05, 3.63) is 29.2 Å². The van der Waals surface area contributed by atoms with Gasteiger partial charge < -0.3 is 0 Å². The van der Waals surface area contributed by atoms with Crippen molar-refractivity contribution < 1.29 is 0 Å². The first-order valence-corrected chi connectivity index (χ1v) is 14.3. The molecular weight excluding hydrogens is 267 g/mol. The van der Waals surface area contributed by atoms with Crippen LogP contribution in [0.2, 0.25) is 14.8 Å². The van der Waals surface area contributed by atoms with Crippen molar-refractivity contribution in [3.8, 4) is 0 Å². The maximum atomic E-state index is 6.91. The van der Waals surface area contributed by atoms with Crippen LogP contribution in [0, 0.1) is 13.5 Å². The van der Waals surface area contributed by atoms with E-state index in [0.29, 0.717) is 5.69 Å². The molecule has 2 nitrogen and oxygen atoms in total. The van der Waals surface area contributed by atoms with Gasteiger partial charge in [-0.1, -0.05) is 0 Å². The Hall–Kier alpha value is -0.561. The van der Waals surface area contributed by atoms with Crippen molar-refractivity contribution in [1.29, 1.82) is 0 Å². The van der Waals surface area contributed by atoms with Gasteiger partial charge in [-0.15, -0.1) is 0 Å². The molecule has 0 saturated carbocycles. The maximum absolute atomic E-state index is 6.91. The first kappa shape index (κ1) is 10.5. The molecule has 68 valence electrons. The molecule has 0 atom stereocenters. The second kappa shape index (κ2) is 3.67. The zero-order valence-electron chi connectivity index (χ0n) is 8.55. The number of hydrogen-bond donors (Lipinski definition) is 0. The van der Waals surface area contributed by atoms with Crippen LogP contribution >= 0.6 is 0 Å². The first-order valence-electron chi connectivity index (χ1n) is 4.30. The molecule has 1 aromatic rings. The molecular formula is C10H14N2Sn. The summed E-state index contributed by atoms with van der Waals surface area (Å²) in [6.45, 7) is 8.90. The number of rotatable bonds is 1. The van der Waals surface area contributed by atoms with Crippen molar-refractivity contribution in [2.45, 2.75) is 21.7 Å². The minimum absolute atomic E-state index is 0.680. The van der Waals surface area contributed by atoms with Gasteiger partial charge in [-0.2, -0.15) is 0 Å². The molecule has 1 rings (SSSR count). The van der Waals surface area contributed by atoms with Gasteiger partial charge in [0.05, 0.1) is 0 Å². The summed E-state index contributed by atoms with van der Waals surface area (Å²) in [6.07, 6.45) is 1.71. The Morgan fingerprint density at radius 3 is 2.38 bits per heavy atom. The van der Waals surface area contributed by atoms with Crippen LogP contribution in [-0.4, -0.2) is 23.4 Å². The van der Waals surface area contributed by atoms with Crippen molar-refractivity contribution in [3.63, 3.8) is 0 Å². The van der Waals surface area contributed by atoms with E-state index in [2.05, 4.69) is 30.7 Å². The van der Waals surface area contributed by atoms with E-state index in [1.807, 2.05) is 6.92 Å². The van der Waals surface area contributed by atoms with Gasteiger partial charge in [0.15, 0.2) is 0 Å². The van der Waals surface area contributed by atoms with E-state index in [1.54, 1.807) is 6.20 Å². The molecule has 0 aliphatic carbocycles. The zero-order chi connectivity index (χ0) is 10.1. The summed E-state index contributed by atoms with van der Waals surface area (Å²) >= 11 is -2.02. The van der Waals surface area contributed by atoms with Crippen molar-refractivity contribution in [2.75, 3.05) is 0 Å². The van der Waals surface area contributed by atoms with Crippen LogP contribution in [0.1, 0.15) is 5.56 Å². The monoisotopic (exact) mass is 282 g/mol. The van der Waals surface area contributed by atoms with Crippen LogP contribution in [0.5, 0.6) is 0 Å². The van der Waals surface area contributed by atoms with E-state index < -0.39 is 18.4 Å². The molecule has 0 aromatic carbocycles. The molecule has 13 heavy (non-hydrogen) atoms. The molecule has 0 bridgehead atoms. The number of aryl methyl sites for hydroxylation is 1. The molecule has 0 radical (unpaired) electrons. The summed E-state index contributed by atoms with van der Waals surface area (Å²) in [5.74, 6) is 0. The predicted octanol–water partition coefficient (Wildman–Crippen LogP) is 2.49. The number of nitrogens with zero attached hydrogens (tertiary/aromatic N) is 2. The predicted molar refractivity (Wildman–Crippen MR) is 58.2 cm³/mol. The number of pyridine rings is 1. The van der Waals surface area contributed by atoms with Crippen molar-refractivity contribution in [1.82, 2.24) is 4.98 Å². The summed E-state index contributed by atoms with van der Waals surface area (Å²) in [5.41, 5.74) is 1.74. The van der Waals surface area contributed by atoms with Gasteiger partial charge in [0.2, 0.25) is 0 Å². The topological polar surface area (TPSA) is 17.2 Å². The molecule has 0 aliphatic rings. The standard InChI is InChI=1S/C7H5N2.3CH3.Sn/c1-6-3-4-9-5-7(6)8-2;;;;/h3,5H,1H3;3*1H3;. The number of hydrogen-bond acceptors (Lipinski definition) is 1. The van der Waals surface area contributed by atoms with Gasteiger partial charge in [-0.25, -0.2) is 0 Å². The van der Waals surface area contributed by atoms with Gasteiger partial charge in [-0.3, -0.25) is 0 Å². The van der Waals surface area contributed by atoms with Crippen LogP contribution in [0.4, 0.5) is 5.69 Å². The average molecular weight is 281 g/mol. The fourth-order valence-electron chi connectivity index (χ4n) is 1.08. The average Bonchev–Trinajstić information content (AvgIpc) is 2.02. The van der Waals surface area contributed by atoms with Gasteiger partial charge in [-0.05, 0) is 0 Å². The molecule has 3 heteroatoms. The minimum atomic E-state index is -2.02. The SMILES string of the molecule is [C-]#[N+]c1cn[c]([Sn]([CH3])([CH3])[CH3])cc1C. The van der Waals surface area contributed by atoms with Gasteiger partial charge in [0.25, 0.3) is 0 Å². The Balaban J connectivity index is 3.20. The third-order valence-corrected chi connectivity index (χ3v) is 7.14. The van der Waals surface area contributed by atoms with E-state index in [4.69, 9.17) is 6.57 Å². The summed E-state index contributed by atoms with van der Waals surface area (Å²) in [7, 11) is 0. The molecule has 0 unspecified atom stereocenters. The first-order chi connectivity index (χ1) is 5.95. The van der Waals surface area contributed by atoms with Crippen LogP contribution < -0.4 is 3.71 Å². The normalized spacial score (nSPS) is 11.0. The molecule has 0 amide bonds. The Kier molecular flexibility index (Phi) is 2.97. The third kappa shape index (κ3) is 2.44. The zero-order valence-corrected chi connectivity index (χ0v) is 11.4. The van der Waals surface area contributed by atoms with Gasteiger partial charge in [0.1, 0.15) is 0 Å². The van der Waals surface area contributed by atoms with Gasteiger partial charge in [0, 0.05) is 0 Å². The van der Waals surface area contributed by atoms with E-state index in [-0.39, 0.29) is 0 Å². The number of aromatic nitrogens is 1. The molecule has 1 aromatic heterocycles.